The van der Waals surface area contributed by atoms with Gasteiger partial charge in [-0.3, -0.25) is 4.79 Å². The summed E-state index contributed by atoms with van der Waals surface area (Å²) in [5, 5.41) is 2.80. The Balaban J connectivity index is 1.80. The van der Waals surface area contributed by atoms with E-state index in [9.17, 15) is 13.2 Å². The molecule has 24 heavy (non-hydrogen) atoms. The Labute approximate surface area is 150 Å². The van der Waals surface area contributed by atoms with E-state index in [-0.39, 0.29) is 10.1 Å². The molecule has 1 aromatic heterocycles. The van der Waals surface area contributed by atoms with E-state index >= 15 is 0 Å². The molecule has 2 heterocycles. The number of nitrogens with one attached hydrogen (secondary N) is 1. The van der Waals surface area contributed by atoms with Gasteiger partial charge in [-0.2, -0.15) is 4.31 Å². The number of sulfonamides is 1. The molecule has 1 aliphatic heterocycles. The summed E-state index contributed by atoms with van der Waals surface area (Å²) in [7, 11) is -3.70. The van der Waals surface area contributed by atoms with Crippen LogP contribution in [0.15, 0.2) is 40.6 Å². The minimum atomic E-state index is -3.70. The maximum absolute atomic E-state index is 12.8. The highest BCUT2D eigenvalue weighted by atomic mass is 35.5. The Bertz CT molecular complexity index is 846. The van der Waals surface area contributed by atoms with Crippen LogP contribution in [0.25, 0.3) is 0 Å². The predicted molar refractivity (Wildman–Crippen MR) is 96.1 cm³/mol. The van der Waals surface area contributed by atoms with Crippen molar-refractivity contribution in [2.24, 2.45) is 0 Å². The monoisotopic (exact) mass is 384 g/mol. The second kappa shape index (κ2) is 6.84. The molecule has 0 unspecified atom stereocenters. The summed E-state index contributed by atoms with van der Waals surface area (Å²) in [6, 6.07) is 9.74. The van der Waals surface area contributed by atoms with Crippen molar-refractivity contribution in [3.05, 3.63) is 46.3 Å². The van der Waals surface area contributed by atoms with E-state index in [0.29, 0.717) is 29.4 Å². The first-order valence-electron chi connectivity index (χ1n) is 7.52. The zero-order valence-electron chi connectivity index (χ0n) is 13.0. The molecule has 2 aromatic rings. The SMILES string of the molecule is Cc1ccc(NC(=O)[C@H]2CCCN2S(=O)(=O)c2ccc(Cl)s2)cc1. The van der Waals surface area contributed by atoms with Crippen LogP contribution in [0.1, 0.15) is 18.4 Å². The Hall–Kier alpha value is -1.41. The van der Waals surface area contributed by atoms with Crippen molar-refractivity contribution >= 4 is 44.6 Å². The molecule has 1 N–H and O–H groups in total. The smallest absolute Gasteiger partial charge is 0.253 e. The lowest BCUT2D eigenvalue weighted by molar-refractivity contribution is -0.119. The fourth-order valence-electron chi connectivity index (χ4n) is 2.70. The summed E-state index contributed by atoms with van der Waals surface area (Å²) in [6.45, 7) is 2.30. The van der Waals surface area contributed by atoms with Crippen molar-refractivity contribution in [3.8, 4) is 0 Å². The fourth-order valence-corrected chi connectivity index (χ4v) is 5.97. The molecule has 1 saturated heterocycles. The van der Waals surface area contributed by atoms with E-state index < -0.39 is 16.1 Å². The first kappa shape index (κ1) is 17.4. The van der Waals surface area contributed by atoms with E-state index in [1.807, 2.05) is 19.1 Å². The molecule has 1 atom stereocenters. The fraction of sp³-hybridized carbons (Fsp3) is 0.312. The van der Waals surface area contributed by atoms with Crippen molar-refractivity contribution in [2.45, 2.75) is 30.0 Å². The average molecular weight is 385 g/mol. The summed E-state index contributed by atoms with van der Waals surface area (Å²) in [4.78, 5) is 12.6. The van der Waals surface area contributed by atoms with Crippen LogP contribution < -0.4 is 5.32 Å². The third kappa shape index (κ3) is 3.49. The van der Waals surface area contributed by atoms with E-state index in [4.69, 9.17) is 11.6 Å². The van der Waals surface area contributed by atoms with Gasteiger partial charge in [0.05, 0.1) is 4.34 Å². The molecule has 0 spiro atoms. The van der Waals surface area contributed by atoms with E-state index in [2.05, 4.69) is 5.32 Å². The number of thiophene rings is 1. The number of amides is 1. The number of aryl methyl sites for hydroxylation is 1. The standard InChI is InChI=1S/C16H17ClN2O3S2/c1-11-4-6-12(7-5-11)18-16(20)13-3-2-10-19(13)24(21,22)15-9-8-14(17)23-15/h4-9,13H,2-3,10H2,1H3,(H,18,20)/t13-/m1/s1. The molecular weight excluding hydrogens is 368 g/mol. The van der Waals surface area contributed by atoms with Crippen LogP contribution in [0.3, 0.4) is 0 Å². The van der Waals surface area contributed by atoms with Crippen LogP contribution in [0, 0.1) is 6.92 Å². The summed E-state index contributed by atoms with van der Waals surface area (Å²) >= 11 is 6.85. The highest BCUT2D eigenvalue weighted by Crippen LogP contribution is 2.32. The Morgan fingerprint density at radius 1 is 1.25 bits per heavy atom. The minimum Gasteiger partial charge on any atom is -0.325 e. The summed E-state index contributed by atoms with van der Waals surface area (Å²) in [6.07, 6.45) is 1.17. The van der Waals surface area contributed by atoms with Crippen molar-refractivity contribution < 1.29 is 13.2 Å². The Morgan fingerprint density at radius 3 is 2.58 bits per heavy atom. The molecule has 1 aliphatic rings. The summed E-state index contributed by atoms with van der Waals surface area (Å²) in [5.74, 6) is -0.303. The highest BCUT2D eigenvalue weighted by Gasteiger charge is 2.40. The van der Waals surface area contributed by atoms with Crippen LogP contribution in [0.4, 0.5) is 5.69 Å². The lowest BCUT2D eigenvalue weighted by Crippen LogP contribution is -2.42. The number of carbonyl (C=O) groups excluding carboxylic acids is 1. The first-order valence-corrected chi connectivity index (χ1v) is 10.2. The van der Waals surface area contributed by atoms with Crippen LogP contribution in [0.5, 0.6) is 0 Å². The quantitative estimate of drug-likeness (QED) is 0.877. The molecule has 0 saturated carbocycles. The van der Waals surface area contributed by atoms with Gasteiger partial charge < -0.3 is 5.32 Å². The summed E-state index contributed by atoms with van der Waals surface area (Å²) in [5.41, 5.74) is 1.75. The van der Waals surface area contributed by atoms with Gasteiger partial charge in [0, 0.05) is 12.2 Å². The molecule has 0 aliphatic carbocycles. The van der Waals surface area contributed by atoms with Crippen molar-refractivity contribution in [3.63, 3.8) is 0 Å². The van der Waals surface area contributed by atoms with E-state index in [0.717, 1.165) is 16.9 Å². The zero-order valence-corrected chi connectivity index (χ0v) is 15.4. The van der Waals surface area contributed by atoms with Crippen LogP contribution >= 0.6 is 22.9 Å². The van der Waals surface area contributed by atoms with Gasteiger partial charge in [0.2, 0.25) is 5.91 Å². The number of rotatable bonds is 4. The van der Waals surface area contributed by atoms with Gasteiger partial charge in [-0.15, -0.1) is 11.3 Å². The van der Waals surface area contributed by atoms with E-state index in [1.54, 1.807) is 18.2 Å². The van der Waals surface area contributed by atoms with Crippen LogP contribution in [-0.2, 0) is 14.8 Å². The molecule has 3 rings (SSSR count). The minimum absolute atomic E-state index is 0.169. The average Bonchev–Trinajstić information content (AvgIpc) is 3.19. The molecule has 1 amide bonds. The van der Waals surface area contributed by atoms with Gasteiger partial charge in [0.15, 0.2) is 0 Å². The normalized spacial score (nSPS) is 18.7. The summed E-state index contributed by atoms with van der Waals surface area (Å²) < 4.78 is 27.4. The Kier molecular flexibility index (Phi) is 4.96. The number of hydrogen-bond donors (Lipinski definition) is 1. The van der Waals surface area contributed by atoms with Gasteiger partial charge in [-0.05, 0) is 44.0 Å². The molecule has 0 bridgehead atoms. The van der Waals surface area contributed by atoms with Crippen molar-refractivity contribution in [1.29, 1.82) is 0 Å². The van der Waals surface area contributed by atoms with Crippen LogP contribution in [-0.4, -0.2) is 31.2 Å². The second-order valence-electron chi connectivity index (χ2n) is 5.69. The molecular formula is C16H17ClN2O3S2. The number of halogens is 1. The number of benzene rings is 1. The number of anilines is 1. The number of carbonyl (C=O) groups is 1. The number of nitrogens with zero attached hydrogens (tertiary/aromatic N) is 1. The maximum atomic E-state index is 12.8. The van der Waals surface area contributed by atoms with Gasteiger partial charge in [0.1, 0.15) is 10.3 Å². The van der Waals surface area contributed by atoms with Crippen molar-refractivity contribution in [1.82, 2.24) is 4.31 Å². The van der Waals surface area contributed by atoms with E-state index in [1.165, 1.54) is 10.4 Å². The molecule has 1 aromatic carbocycles. The first-order chi connectivity index (χ1) is 11.4. The second-order valence-corrected chi connectivity index (χ2v) is 9.52. The third-order valence-corrected chi connectivity index (χ3v) is 7.54. The highest BCUT2D eigenvalue weighted by molar-refractivity contribution is 7.91. The molecule has 8 heteroatoms. The van der Waals surface area contributed by atoms with Crippen molar-refractivity contribution in [2.75, 3.05) is 11.9 Å². The van der Waals surface area contributed by atoms with Gasteiger partial charge in [-0.1, -0.05) is 29.3 Å². The lowest BCUT2D eigenvalue weighted by Gasteiger charge is -2.22. The van der Waals surface area contributed by atoms with Crippen LogP contribution in [0.2, 0.25) is 4.34 Å². The lowest BCUT2D eigenvalue weighted by atomic mass is 10.2. The largest absolute Gasteiger partial charge is 0.325 e. The molecule has 0 radical (unpaired) electrons. The topological polar surface area (TPSA) is 66.5 Å². The third-order valence-electron chi connectivity index (χ3n) is 3.94. The van der Waals surface area contributed by atoms with Gasteiger partial charge in [0.25, 0.3) is 10.0 Å². The molecule has 5 nitrogen and oxygen atoms in total. The molecule has 128 valence electrons. The van der Waals surface area contributed by atoms with Gasteiger partial charge in [-0.25, -0.2) is 8.42 Å². The number of hydrogen-bond acceptors (Lipinski definition) is 4. The Morgan fingerprint density at radius 2 is 1.96 bits per heavy atom. The zero-order chi connectivity index (χ0) is 17.3. The van der Waals surface area contributed by atoms with Gasteiger partial charge >= 0.3 is 0 Å². The molecule has 1 fully saturated rings. The predicted octanol–water partition coefficient (Wildman–Crippen LogP) is 3.50. The maximum Gasteiger partial charge on any atom is 0.253 e.